The van der Waals surface area contributed by atoms with Crippen LogP contribution < -0.4 is 4.74 Å². The molecule has 0 fully saturated rings. The zero-order chi connectivity index (χ0) is 18.6. The Bertz CT molecular complexity index is 877. The van der Waals surface area contributed by atoms with Gasteiger partial charge >= 0.3 is 6.36 Å². The predicted molar refractivity (Wildman–Crippen MR) is 84.9 cm³/mol. The molecule has 2 aromatic carbocycles. The van der Waals surface area contributed by atoms with Crippen molar-refractivity contribution in [2.45, 2.75) is 19.2 Å². The number of aromatic nitrogens is 4. The van der Waals surface area contributed by atoms with Gasteiger partial charge in [-0.25, -0.2) is 0 Å². The van der Waals surface area contributed by atoms with E-state index in [9.17, 15) is 18.0 Å². The minimum absolute atomic E-state index is 0.0472. The highest BCUT2D eigenvalue weighted by atomic mass is 19.4. The van der Waals surface area contributed by atoms with E-state index in [1.807, 2.05) is 6.07 Å². The number of rotatable bonds is 6. The van der Waals surface area contributed by atoms with Gasteiger partial charge in [0, 0.05) is 18.4 Å². The third-order valence-electron chi connectivity index (χ3n) is 3.52. The van der Waals surface area contributed by atoms with E-state index < -0.39 is 6.36 Å². The Hall–Kier alpha value is -3.23. The van der Waals surface area contributed by atoms with Crippen LogP contribution >= 0.6 is 0 Å². The summed E-state index contributed by atoms with van der Waals surface area (Å²) >= 11 is 0. The molecule has 0 saturated carbocycles. The molecule has 9 heteroatoms. The van der Waals surface area contributed by atoms with Gasteiger partial charge in [0.1, 0.15) is 5.75 Å². The molecule has 0 bridgehead atoms. The third-order valence-corrected chi connectivity index (χ3v) is 3.52. The van der Waals surface area contributed by atoms with Crippen LogP contribution in [0.3, 0.4) is 0 Å². The lowest BCUT2D eigenvalue weighted by molar-refractivity contribution is -0.274. The highest BCUT2D eigenvalue weighted by Gasteiger charge is 2.31. The van der Waals surface area contributed by atoms with E-state index in [1.54, 1.807) is 24.3 Å². The number of benzene rings is 2. The van der Waals surface area contributed by atoms with Gasteiger partial charge in [0.05, 0.1) is 5.69 Å². The molecule has 0 aliphatic rings. The Balaban J connectivity index is 1.69. The van der Waals surface area contributed by atoms with Crippen molar-refractivity contribution in [1.29, 1.82) is 0 Å². The summed E-state index contributed by atoms with van der Waals surface area (Å²) in [6.45, 7) is 0. The second-order valence-corrected chi connectivity index (χ2v) is 5.34. The Morgan fingerprint density at radius 1 is 1.04 bits per heavy atom. The standard InChI is InChI=1S/C17H13F3N4O2/c18-17(19,20)26-14-8-6-13(7-9-14)24-16(21-22-23-24)11-10-15(25)12-4-2-1-3-5-12/h1-9H,10-11H2. The second kappa shape index (κ2) is 7.34. The van der Waals surface area contributed by atoms with Crippen molar-refractivity contribution < 1.29 is 22.7 Å². The molecule has 26 heavy (non-hydrogen) atoms. The molecule has 1 heterocycles. The fourth-order valence-corrected chi connectivity index (χ4v) is 2.34. The minimum Gasteiger partial charge on any atom is -0.406 e. The molecule has 0 aliphatic carbocycles. The van der Waals surface area contributed by atoms with Crippen molar-refractivity contribution in [1.82, 2.24) is 20.2 Å². The molecule has 6 nitrogen and oxygen atoms in total. The molecule has 3 rings (SSSR count). The third kappa shape index (κ3) is 4.44. The first-order valence-electron chi connectivity index (χ1n) is 7.64. The van der Waals surface area contributed by atoms with Crippen LogP contribution in [0.25, 0.3) is 5.69 Å². The van der Waals surface area contributed by atoms with Crippen molar-refractivity contribution in [3.63, 3.8) is 0 Å². The van der Waals surface area contributed by atoms with Gasteiger partial charge in [-0.3, -0.25) is 4.79 Å². The predicted octanol–water partition coefficient (Wildman–Crippen LogP) is 3.38. The van der Waals surface area contributed by atoms with Gasteiger partial charge in [0.2, 0.25) is 0 Å². The average Bonchev–Trinajstić information content (AvgIpc) is 3.08. The van der Waals surface area contributed by atoms with Crippen LogP contribution in [-0.4, -0.2) is 32.4 Å². The first kappa shape index (κ1) is 17.6. The zero-order valence-corrected chi connectivity index (χ0v) is 13.3. The summed E-state index contributed by atoms with van der Waals surface area (Å²) in [7, 11) is 0. The molecular formula is C17H13F3N4O2. The number of carbonyl (C=O) groups is 1. The van der Waals surface area contributed by atoms with Crippen LogP contribution in [0.5, 0.6) is 5.75 Å². The Labute approximate surface area is 146 Å². The number of aryl methyl sites for hydroxylation is 1. The molecule has 0 atom stereocenters. The summed E-state index contributed by atoms with van der Waals surface area (Å²) in [5.41, 5.74) is 1.06. The number of ketones is 1. The Kier molecular flexibility index (Phi) is 4.97. The second-order valence-electron chi connectivity index (χ2n) is 5.34. The molecule has 0 amide bonds. The lowest BCUT2D eigenvalue weighted by atomic mass is 10.1. The van der Waals surface area contributed by atoms with Crippen LogP contribution in [0, 0.1) is 0 Å². The fourth-order valence-electron chi connectivity index (χ4n) is 2.34. The summed E-state index contributed by atoms with van der Waals surface area (Å²) in [5.74, 6) is 0.0444. The van der Waals surface area contributed by atoms with Crippen LogP contribution in [-0.2, 0) is 6.42 Å². The lowest BCUT2D eigenvalue weighted by Crippen LogP contribution is -2.17. The molecule has 0 unspecified atom stereocenters. The average molecular weight is 362 g/mol. The van der Waals surface area contributed by atoms with Crippen LogP contribution in [0.1, 0.15) is 22.6 Å². The number of halogens is 3. The number of alkyl halides is 3. The normalized spacial score (nSPS) is 11.3. The number of Topliss-reactive ketones (excluding diaryl/α,β-unsaturated/α-hetero) is 1. The summed E-state index contributed by atoms with van der Waals surface area (Å²) in [6, 6.07) is 14.0. The highest BCUT2D eigenvalue weighted by Crippen LogP contribution is 2.23. The first-order chi connectivity index (χ1) is 12.4. The largest absolute Gasteiger partial charge is 0.573 e. The van der Waals surface area contributed by atoms with Crippen molar-refractivity contribution >= 4 is 5.78 Å². The summed E-state index contributed by atoms with van der Waals surface area (Å²) < 4.78 is 41.8. The van der Waals surface area contributed by atoms with Crippen LogP contribution in [0.2, 0.25) is 0 Å². The number of carbonyl (C=O) groups excluding carboxylic acids is 1. The maximum absolute atomic E-state index is 12.2. The number of ether oxygens (including phenoxy) is 1. The maximum atomic E-state index is 12.2. The topological polar surface area (TPSA) is 69.9 Å². The highest BCUT2D eigenvalue weighted by molar-refractivity contribution is 5.96. The Morgan fingerprint density at radius 3 is 2.38 bits per heavy atom. The first-order valence-corrected chi connectivity index (χ1v) is 7.64. The van der Waals surface area contributed by atoms with E-state index in [0.29, 0.717) is 23.5 Å². The van der Waals surface area contributed by atoms with Crippen LogP contribution in [0.15, 0.2) is 54.6 Å². The summed E-state index contributed by atoms with van der Waals surface area (Å²) in [6.07, 6.45) is -4.25. The zero-order valence-electron chi connectivity index (χ0n) is 13.3. The number of nitrogens with zero attached hydrogens (tertiary/aromatic N) is 4. The van der Waals surface area contributed by atoms with E-state index in [0.717, 1.165) is 0 Å². The van der Waals surface area contributed by atoms with E-state index >= 15 is 0 Å². The van der Waals surface area contributed by atoms with Gasteiger partial charge in [-0.05, 0) is 34.7 Å². The number of hydrogen-bond acceptors (Lipinski definition) is 5. The van der Waals surface area contributed by atoms with E-state index in [4.69, 9.17) is 0 Å². The van der Waals surface area contributed by atoms with Gasteiger partial charge in [0.15, 0.2) is 11.6 Å². The molecule has 0 N–H and O–H groups in total. The lowest BCUT2D eigenvalue weighted by Gasteiger charge is -2.09. The molecule has 1 aromatic heterocycles. The quantitative estimate of drug-likeness (QED) is 0.629. The number of hydrogen-bond donors (Lipinski definition) is 0. The van der Waals surface area contributed by atoms with Crippen molar-refractivity contribution in [2.24, 2.45) is 0 Å². The maximum Gasteiger partial charge on any atom is 0.573 e. The van der Waals surface area contributed by atoms with Gasteiger partial charge in [-0.2, -0.15) is 4.68 Å². The molecule has 0 spiro atoms. The van der Waals surface area contributed by atoms with Crippen molar-refractivity contribution in [2.75, 3.05) is 0 Å². The Morgan fingerprint density at radius 2 is 1.73 bits per heavy atom. The number of tetrazole rings is 1. The molecule has 0 radical (unpaired) electrons. The smallest absolute Gasteiger partial charge is 0.406 e. The van der Waals surface area contributed by atoms with Crippen molar-refractivity contribution in [3.8, 4) is 11.4 Å². The molecule has 134 valence electrons. The van der Waals surface area contributed by atoms with Gasteiger partial charge in [-0.15, -0.1) is 18.3 Å². The summed E-state index contributed by atoms with van der Waals surface area (Å²) in [5, 5.41) is 11.3. The van der Waals surface area contributed by atoms with E-state index in [-0.39, 0.29) is 18.0 Å². The van der Waals surface area contributed by atoms with Gasteiger partial charge in [-0.1, -0.05) is 30.3 Å². The van der Waals surface area contributed by atoms with Gasteiger partial charge in [0.25, 0.3) is 0 Å². The molecular weight excluding hydrogens is 349 g/mol. The molecule has 0 aliphatic heterocycles. The van der Waals surface area contributed by atoms with Crippen LogP contribution in [0.4, 0.5) is 13.2 Å². The fraction of sp³-hybridized carbons (Fsp3) is 0.176. The van der Waals surface area contributed by atoms with E-state index in [1.165, 1.54) is 28.9 Å². The van der Waals surface area contributed by atoms with Gasteiger partial charge < -0.3 is 4.74 Å². The van der Waals surface area contributed by atoms with E-state index in [2.05, 4.69) is 20.3 Å². The van der Waals surface area contributed by atoms with Crippen molar-refractivity contribution in [3.05, 3.63) is 66.0 Å². The monoisotopic (exact) mass is 362 g/mol. The molecule has 3 aromatic rings. The minimum atomic E-state index is -4.75. The summed E-state index contributed by atoms with van der Waals surface area (Å²) in [4.78, 5) is 12.2. The SMILES string of the molecule is O=C(CCc1nnnn1-c1ccc(OC(F)(F)F)cc1)c1ccccc1. The molecule has 0 saturated heterocycles.